The van der Waals surface area contributed by atoms with Crippen LogP contribution in [0, 0.1) is 18.8 Å². The molecule has 6 heteroatoms. The van der Waals surface area contributed by atoms with Gasteiger partial charge in [-0.25, -0.2) is 4.79 Å². The summed E-state index contributed by atoms with van der Waals surface area (Å²) in [4.78, 5) is 10.7. The molecule has 1 saturated carbocycles. The number of carboxylic acid groups (broad SMARTS) is 1. The molecule has 0 amide bonds. The van der Waals surface area contributed by atoms with E-state index in [0.717, 1.165) is 65.3 Å². The molecule has 0 bridgehead atoms. The van der Waals surface area contributed by atoms with Crippen LogP contribution in [0.25, 0.3) is 22.4 Å². The van der Waals surface area contributed by atoms with Crippen LogP contribution < -0.4 is 0 Å². The number of carboxylic acids is 1. The van der Waals surface area contributed by atoms with Gasteiger partial charge >= 0.3 is 5.97 Å². The van der Waals surface area contributed by atoms with Crippen molar-refractivity contribution < 1.29 is 14.6 Å². The second-order valence-electron chi connectivity index (χ2n) is 8.63. The zero-order valence-electron chi connectivity index (χ0n) is 18.3. The minimum absolute atomic E-state index is 0.211. The molecular formula is C26H29ClN2O3. The van der Waals surface area contributed by atoms with Gasteiger partial charge in [0.15, 0.2) is 0 Å². The minimum Gasteiger partial charge on any atom is -0.480 e. The molecule has 0 radical (unpaired) electrons. The third-order valence-corrected chi connectivity index (χ3v) is 6.62. The maximum atomic E-state index is 10.7. The molecule has 1 N–H and O–H groups in total. The molecule has 0 saturated heterocycles. The summed E-state index contributed by atoms with van der Waals surface area (Å²) in [7, 11) is 0. The number of carbonyl (C=O) groups is 1. The van der Waals surface area contributed by atoms with Gasteiger partial charge < -0.3 is 9.84 Å². The Labute approximate surface area is 194 Å². The molecule has 1 aliphatic rings. The molecule has 1 heterocycles. The predicted molar refractivity (Wildman–Crippen MR) is 127 cm³/mol. The van der Waals surface area contributed by atoms with E-state index in [1.165, 1.54) is 0 Å². The van der Waals surface area contributed by atoms with Crippen LogP contribution in [-0.4, -0.2) is 34.1 Å². The highest BCUT2D eigenvalue weighted by Crippen LogP contribution is 2.39. The molecule has 168 valence electrons. The van der Waals surface area contributed by atoms with Gasteiger partial charge in [0, 0.05) is 28.3 Å². The van der Waals surface area contributed by atoms with E-state index in [0.29, 0.717) is 18.4 Å². The molecule has 3 aromatic rings. The van der Waals surface area contributed by atoms with Gasteiger partial charge in [0.25, 0.3) is 0 Å². The quantitative estimate of drug-likeness (QED) is 0.449. The monoisotopic (exact) mass is 452 g/mol. The standard InChI is InChI=1S/C26H29ClN2O3/c1-18-25(22-9-5-6-10-23(22)27)26(21-7-3-2-4-8-21)29(28-18)15-19-11-13-20(14-12-19)16-32-17-24(30)31/h2-10,19-20H,11-17H2,1H3,(H,30,31). The highest BCUT2D eigenvalue weighted by molar-refractivity contribution is 6.33. The van der Waals surface area contributed by atoms with Crippen molar-refractivity contribution in [3.8, 4) is 22.4 Å². The van der Waals surface area contributed by atoms with Crippen LogP contribution in [0.15, 0.2) is 54.6 Å². The van der Waals surface area contributed by atoms with E-state index in [9.17, 15) is 4.79 Å². The highest BCUT2D eigenvalue weighted by atomic mass is 35.5. The van der Waals surface area contributed by atoms with Crippen molar-refractivity contribution >= 4 is 17.6 Å². The minimum atomic E-state index is -0.907. The highest BCUT2D eigenvalue weighted by Gasteiger charge is 2.25. The van der Waals surface area contributed by atoms with E-state index < -0.39 is 5.97 Å². The number of halogens is 1. The molecule has 0 aliphatic heterocycles. The van der Waals surface area contributed by atoms with Crippen molar-refractivity contribution in [3.63, 3.8) is 0 Å². The van der Waals surface area contributed by atoms with Gasteiger partial charge in [-0.1, -0.05) is 60.1 Å². The van der Waals surface area contributed by atoms with E-state index in [1.54, 1.807) is 0 Å². The molecule has 0 unspecified atom stereocenters. The molecule has 1 fully saturated rings. The molecule has 1 aromatic heterocycles. The van der Waals surface area contributed by atoms with Gasteiger partial charge in [0.2, 0.25) is 0 Å². The number of nitrogens with zero attached hydrogens (tertiary/aromatic N) is 2. The number of ether oxygens (including phenoxy) is 1. The summed E-state index contributed by atoms with van der Waals surface area (Å²) in [5, 5.41) is 14.4. The largest absolute Gasteiger partial charge is 0.480 e. The first-order valence-corrected chi connectivity index (χ1v) is 11.6. The zero-order chi connectivity index (χ0) is 22.5. The number of aromatic nitrogens is 2. The van der Waals surface area contributed by atoms with Crippen LogP contribution in [0.5, 0.6) is 0 Å². The smallest absolute Gasteiger partial charge is 0.329 e. The van der Waals surface area contributed by atoms with E-state index in [1.807, 2.05) is 24.3 Å². The van der Waals surface area contributed by atoms with Crippen molar-refractivity contribution in [1.82, 2.24) is 9.78 Å². The van der Waals surface area contributed by atoms with Gasteiger partial charge in [-0.15, -0.1) is 0 Å². The molecule has 0 spiro atoms. The maximum absolute atomic E-state index is 10.7. The van der Waals surface area contributed by atoms with Gasteiger partial charge in [-0.2, -0.15) is 5.10 Å². The Bertz CT molecular complexity index is 1060. The van der Waals surface area contributed by atoms with Crippen molar-refractivity contribution in [1.29, 1.82) is 0 Å². The lowest BCUT2D eigenvalue weighted by atomic mass is 9.82. The predicted octanol–water partition coefficient (Wildman–Crippen LogP) is 6.09. The molecule has 2 aromatic carbocycles. The molecule has 1 aliphatic carbocycles. The van der Waals surface area contributed by atoms with Crippen LogP contribution in [0.3, 0.4) is 0 Å². The average Bonchev–Trinajstić information content (AvgIpc) is 3.11. The summed E-state index contributed by atoms with van der Waals surface area (Å²) < 4.78 is 7.48. The van der Waals surface area contributed by atoms with E-state index in [2.05, 4.69) is 41.9 Å². The number of aryl methyl sites for hydroxylation is 1. The summed E-state index contributed by atoms with van der Waals surface area (Å²) in [6.45, 7) is 3.24. The Morgan fingerprint density at radius 3 is 2.41 bits per heavy atom. The number of rotatable bonds is 8. The molecule has 4 rings (SSSR count). The molecular weight excluding hydrogens is 424 g/mol. The average molecular weight is 453 g/mol. The Kier molecular flexibility index (Phi) is 7.28. The van der Waals surface area contributed by atoms with Gasteiger partial charge in [-0.3, -0.25) is 4.68 Å². The number of hydrogen-bond donors (Lipinski definition) is 1. The summed E-state index contributed by atoms with van der Waals surface area (Å²) in [6, 6.07) is 18.4. The summed E-state index contributed by atoms with van der Waals surface area (Å²) in [5.41, 5.74) is 5.34. The third-order valence-electron chi connectivity index (χ3n) is 6.29. The number of hydrogen-bond acceptors (Lipinski definition) is 3. The Morgan fingerprint density at radius 1 is 1.06 bits per heavy atom. The lowest BCUT2D eigenvalue weighted by Gasteiger charge is -2.28. The first-order valence-electron chi connectivity index (χ1n) is 11.2. The maximum Gasteiger partial charge on any atom is 0.329 e. The van der Waals surface area contributed by atoms with Crippen molar-refractivity contribution in [2.75, 3.05) is 13.2 Å². The first-order chi connectivity index (χ1) is 15.5. The normalized spacial score (nSPS) is 18.6. The SMILES string of the molecule is Cc1nn(CC2CCC(COCC(=O)O)CC2)c(-c2ccccc2)c1-c1ccccc1Cl. The Morgan fingerprint density at radius 2 is 1.72 bits per heavy atom. The third kappa shape index (κ3) is 5.22. The van der Waals surface area contributed by atoms with Crippen molar-refractivity contribution in [2.45, 2.75) is 39.2 Å². The van der Waals surface area contributed by atoms with Crippen molar-refractivity contribution in [3.05, 3.63) is 65.3 Å². The number of benzene rings is 2. The van der Waals surface area contributed by atoms with Crippen LogP contribution in [0.1, 0.15) is 31.4 Å². The second-order valence-corrected chi connectivity index (χ2v) is 9.04. The summed E-state index contributed by atoms with van der Waals surface area (Å²) in [5.74, 6) is 0.0688. The van der Waals surface area contributed by atoms with Gasteiger partial charge in [0.1, 0.15) is 6.61 Å². The van der Waals surface area contributed by atoms with Crippen LogP contribution in [0.2, 0.25) is 5.02 Å². The zero-order valence-corrected chi connectivity index (χ0v) is 19.1. The fraction of sp³-hybridized carbons (Fsp3) is 0.385. The molecule has 0 atom stereocenters. The van der Waals surface area contributed by atoms with Crippen LogP contribution in [0.4, 0.5) is 0 Å². The van der Waals surface area contributed by atoms with E-state index in [4.69, 9.17) is 26.5 Å². The van der Waals surface area contributed by atoms with Crippen LogP contribution >= 0.6 is 11.6 Å². The lowest BCUT2D eigenvalue weighted by molar-refractivity contribution is -0.142. The summed E-state index contributed by atoms with van der Waals surface area (Å²) in [6.07, 6.45) is 4.30. The first kappa shape index (κ1) is 22.6. The van der Waals surface area contributed by atoms with Gasteiger partial charge in [0.05, 0.1) is 18.0 Å². The lowest BCUT2D eigenvalue weighted by Crippen LogP contribution is -2.23. The molecule has 5 nitrogen and oxygen atoms in total. The fourth-order valence-electron chi connectivity index (χ4n) is 4.73. The Hall–Kier alpha value is -2.63. The topological polar surface area (TPSA) is 64.4 Å². The summed E-state index contributed by atoms with van der Waals surface area (Å²) >= 11 is 6.58. The number of aliphatic carboxylic acids is 1. The Balaban J connectivity index is 1.56. The van der Waals surface area contributed by atoms with E-state index >= 15 is 0 Å². The molecule has 32 heavy (non-hydrogen) atoms. The van der Waals surface area contributed by atoms with E-state index in [-0.39, 0.29) is 6.61 Å². The second kappa shape index (κ2) is 10.3. The van der Waals surface area contributed by atoms with Gasteiger partial charge in [-0.05, 0) is 50.5 Å². The van der Waals surface area contributed by atoms with Crippen LogP contribution in [-0.2, 0) is 16.1 Å². The van der Waals surface area contributed by atoms with Crippen molar-refractivity contribution in [2.24, 2.45) is 11.8 Å². The fourth-order valence-corrected chi connectivity index (χ4v) is 4.96.